The van der Waals surface area contributed by atoms with Gasteiger partial charge in [-0.1, -0.05) is 6.92 Å². The molecule has 5 nitrogen and oxygen atoms in total. The van der Waals surface area contributed by atoms with Crippen molar-refractivity contribution in [3.8, 4) is 5.75 Å². The minimum absolute atomic E-state index is 0.180. The maximum absolute atomic E-state index is 11.6. The van der Waals surface area contributed by atoms with Gasteiger partial charge in [0.05, 0.1) is 7.11 Å². The van der Waals surface area contributed by atoms with E-state index in [9.17, 15) is 9.59 Å². The topological polar surface area (TPSA) is 65.7 Å². The summed E-state index contributed by atoms with van der Waals surface area (Å²) in [5.41, 5.74) is 1.73. The van der Waals surface area contributed by atoms with Crippen LogP contribution in [0.5, 0.6) is 5.75 Å². The van der Waals surface area contributed by atoms with Crippen LogP contribution in [0.2, 0.25) is 0 Å². The molecule has 0 fully saturated rings. The van der Waals surface area contributed by atoms with Gasteiger partial charge in [-0.3, -0.25) is 0 Å². The zero-order valence-corrected chi connectivity index (χ0v) is 11.7. The van der Waals surface area contributed by atoms with Crippen LogP contribution >= 0.6 is 0 Å². The third-order valence-corrected chi connectivity index (χ3v) is 3.15. The molecule has 1 heterocycles. The average Bonchev–Trinajstić information content (AvgIpc) is 2.45. The van der Waals surface area contributed by atoms with E-state index in [0.717, 1.165) is 17.4 Å². The Kier molecular flexibility index (Phi) is 4.08. The van der Waals surface area contributed by atoms with E-state index in [2.05, 4.69) is 4.74 Å². The third-order valence-electron chi connectivity index (χ3n) is 3.15. The number of carbonyl (C=O) groups excluding carboxylic acids is 1. The van der Waals surface area contributed by atoms with Crippen LogP contribution in [0.4, 0.5) is 0 Å². The van der Waals surface area contributed by atoms with E-state index in [1.165, 1.54) is 13.2 Å². The van der Waals surface area contributed by atoms with Crippen molar-refractivity contribution >= 4 is 16.9 Å². The largest absolute Gasteiger partial charge is 0.481 e. The summed E-state index contributed by atoms with van der Waals surface area (Å²) in [5.74, 6) is 0.0348. The Morgan fingerprint density at radius 1 is 1.35 bits per heavy atom. The second-order valence-electron chi connectivity index (χ2n) is 4.37. The van der Waals surface area contributed by atoms with Crippen molar-refractivity contribution in [1.82, 2.24) is 0 Å². The number of carbonyl (C=O) groups is 1. The van der Waals surface area contributed by atoms with E-state index in [1.807, 2.05) is 13.0 Å². The maximum atomic E-state index is 11.6. The monoisotopic (exact) mass is 276 g/mol. The van der Waals surface area contributed by atoms with Crippen LogP contribution in [0.15, 0.2) is 27.4 Å². The lowest BCUT2D eigenvalue weighted by atomic mass is 10.0. The Morgan fingerprint density at radius 3 is 2.75 bits per heavy atom. The second-order valence-corrected chi connectivity index (χ2v) is 4.37. The highest BCUT2D eigenvalue weighted by Crippen LogP contribution is 2.28. The van der Waals surface area contributed by atoms with E-state index in [4.69, 9.17) is 9.15 Å². The first-order chi connectivity index (χ1) is 9.56. The van der Waals surface area contributed by atoms with E-state index < -0.39 is 5.97 Å². The number of ether oxygens (including phenoxy) is 2. The van der Waals surface area contributed by atoms with Gasteiger partial charge in [0.15, 0.2) is 6.61 Å². The molecule has 0 aliphatic heterocycles. The first kappa shape index (κ1) is 14.1. The van der Waals surface area contributed by atoms with Crippen molar-refractivity contribution in [1.29, 1.82) is 0 Å². The molecular weight excluding hydrogens is 260 g/mol. The van der Waals surface area contributed by atoms with Gasteiger partial charge in [-0.05, 0) is 31.0 Å². The fraction of sp³-hybridized carbons (Fsp3) is 0.333. The molecule has 1 aromatic heterocycles. The summed E-state index contributed by atoms with van der Waals surface area (Å²) >= 11 is 0. The Bertz CT molecular complexity index is 699. The van der Waals surface area contributed by atoms with Crippen molar-refractivity contribution in [3.63, 3.8) is 0 Å². The first-order valence-corrected chi connectivity index (χ1v) is 6.32. The zero-order chi connectivity index (χ0) is 14.7. The number of aryl methyl sites for hydroxylation is 2. The summed E-state index contributed by atoms with van der Waals surface area (Å²) in [4.78, 5) is 22.7. The maximum Gasteiger partial charge on any atom is 0.343 e. The van der Waals surface area contributed by atoms with E-state index in [0.29, 0.717) is 16.9 Å². The molecule has 2 aromatic rings. The lowest BCUT2D eigenvalue weighted by molar-refractivity contribution is -0.142. The van der Waals surface area contributed by atoms with Crippen LogP contribution in [0.3, 0.4) is 0 Å². The molecule has 0 saturated carbocycles. The fourth-order valence-corrected chi connectivity index (χ4v) is 2.05. The van der Waals surface area contributed by atoms with Crippen molar-refractivity contribution in [3.05, 3.63) is 39.7 Å². The molecule has 1 aromatic carbocycles. The number of methoxy groups -OCH3 is 1. The number of rotatable bonds is 4. The molecule has 0 atom stereocenters. The quantitative estimate of drug-likeness (QED) is 0.632. The van der Waals surface area contributed by atoms with Gasteiger partial charge in [-0.2, -0.15) is 0 Å². The number of hydrogen-bond donors (Lipinski definition) is 0. The van der Waals surface area contributed by atoms with Crippen molar-refractivity contribution in [2.24, 2.45) is 0 Å². The normalized spacial score (nSPS) is 10.6. The highest BCUT2D eigenvalue weighted by atomic mass is 16.6. The van der Waals surface area contributed by atoms with E-state index >= 15 is 0 Å². The highest BCUT2D eigenvalue weighted by Gasteiger charge is 2.12. The molecule has 106 valence electrons. The van der Waals surface area contributed by atoms with Crippen molar-refractivity contribution < 1.29 is 18.7 Å². The molecule has 0 spiro atoms. The van der Waals surface area contributed by atoms with Crippen LogP contribution in [-0.2, 0) is 16.0 Å². The predicted molar refractivity (Wildman–Crippen MR) is 74.1 cm³/mol. The Morgan fingerprint density at radius 2 is 2.10 bits per heavy atom. The molecule has 0 saturated heterocycles. The van der Waals surface area contributed by atoms with Gasteiger partial charge >= 0.3 is 11.6 Å². The lowest BCUT2D eigenvalue weighted by Gasteiger charge is -2.11. The minimum atomic E-state index is -0.465. The van der Waals surface area contributed by atoms with Crippen molar-refractivity contribution in [2.75, 3.05) is 13.7 Å². The summed E-state index contributed by atoms with van der Waals surface area (Å²) < 4.78 is 15.1. The SMILES string of the molecule is CCc1cc(=O)oc2c(C)c(OCC(=O)OC)ccc12. The van der Waals surface area contributed by atoms with Gasteiger partial charge in [-0.25, -0.2) is 9.59 Å². The number of benzene rings is 1. The Labute approximate surface area is 116 Å². The minimum Gasteiger partial charge on any atom is -0.481 e. The van der Waals surface area contributed by atoms with Gasteiger partial charge < -0.3 is 13.9 Å². The molecule has 0 unspecified atom stereocenters. The summed E-state index contributed by atoms with van der Waals surface area (Å²) in [6, 6.07) is 5.09. The Hall–Kier alpha value is -2.30. The molecule has 2 rings (SSSR count). The van der Waals surface area contributed by atoms with Crippen LogP contribution in [0.1, 0.15) is 18.1 Å². The summed E-state index contributed by atoms with van der Waals surface area (Å²) in [6.45, 7) is 3.59. The summed E-state index contributed by atoms with van der Waals surface area (Å²) in [7, 11) is 1.30. The molecular formula is C15H16O5. The highest BCUT2D eigenvalue weighted by molar-refractivity contribution is 5.85. The molecule has 20 heavy (non-hydrogen) atoms. The van der Waals surface area contributed by atoms with Crippen LogP contribution in [0.25, 0.3) is 11.0 Å². The number of esters is 1. The predicted octanol–water partition coefficient (Wildman–Crippen LogP) is 2.22. The van der Waals surface area contributed by atoms with Gasteiger partial charge in [0.2, 0.25) is 0 Å². The van der Waals surface area contributed by atoms with Crippen LogP contribution < -0.4 is 10.4 Å². The third kappa shape index (κ3) is 2.66. The van der Waals surface area contributed by atoms with Gasteiger partial charge in [0.1, 0.15) is 11.3 Å². The molecule has 0 aliphatic rings. The molecule has 0 N–H and O–H groups in total. The molecule has 0 amide bonds. The number of hydrogen-bond acceptors (Lipinski definition) is 5. The van der Waals surface area contributed by atoms with E-state index in [1.54, 1.807) is 13.0 Å². The van der Waals surface area contributed by atoms with Gasteiger partial charge in [0.25, 0.3) is 0 Å². The van der Waals surface area contributed by atoms with Gasteiger partial charge in [0, 0.05) is 17.0 Å². The standard InChI is InChI=1S/C15H16O5/c1-4-10-7-13(16)20-15-9(2)12(6-5-11(10)15)19-8-14(17)18-3/h5-7H,4,8H2,1-3H3. The smallest absolute Gasteiger partial charge is 0.343 e. The molecule has 0 aliphatic carbocycles. The lowest BCUT2D eigenvalue weighted by Crippen LogP contribution is -2.13. The Balaban J connectivity index is 2.48. The average molecular weight is 276 g/mol. The second kappa shape index (κ2) is 5.77. The molecule has 5 heteroatoms. The fourth-order valence-electron chi connectivity index (χ4n) is 2.05. The number of fused-ring (bicyclic) bond motifs is 1. The molecule has 0 radical (unpaired) electrons. The van der Waals surface area contributed by atoms with Crippen molar-refractivity contribution in [2.45, 2.75) is 20.3 Å². The zero-order valence-electron chi connectivity index (χ0n) is 11.7. The first-order valence-electron chi connectivity index (χ1n) is 6.32. The van der Waals surface area contributed by atoms with Gasteiger partial charge in [-0.15, -0.1) is 0 Å². The molecule has 0 bridgehead atoms. The van der Waals surface area contributed by atoms with E-state index in [-0.39, 0.29) is 12.2 Å². The van der Waals surface area contributed by atoms with Crippen LogP contribution in [-0.4, -0.2) is 19.7 Å². The van der Waals surface area contributed by atoms with Crippen LogP contribution in [0, 0.1) is 6.92 Å². The summed E-state index contributed by atoms with van der Waals surface area (Å²) in [5, 5.41) is 0.884. The summed E-state index contributed by atoms with van der Waals surface area (Å²) in [6.07, 6.45) is 0.740.